The molecule has 1 aliphatic heterocycles. The summed E-state index contributed by atoms with van der Waals surface area (Å²) in [6.07, 6.45) is 2.50. The monoisotopic (exact) mass is 262 g/mol. The second-order valence-electron chi connectivity index (χ2n) is 5.39. The maximum atomic E-state index is 11.7. The molecule has 1 aliphatic rings. The van der Waals surface area contributed by atoms with Crippen molar-refractivity contribution >= 4 is 9.84 Å². The molecule has 1 heterocycles. The van der Waals surface area contributed by atoms with Crippen molar-refractivity contribution in [1.29, 1.82) is 0 Å². The Balaban J connectivity index is 2.27. The lowest BCUT2D eigenvalue weighted by molar-refractivity contribution is 0.252. The Hall–Kier alpha value is -0.130. The minimum absolute atomic E-state index is 0.257. The Morgan fingerprint density at radius 3 is 2.65 bits per heavy atom. The number of hydrogen-bond donors (Lipinski definition) is 1. The van der Waals surface area contributed by atoms with Crippen LogP contribution >= 0.6 is 0 Å². The Morgan fingerprint density at radius 2 is 2.12 bits per heavy atom. The quantitative estimate of drug-likeness (QED) is 0.767. The summed E-state index contributed by atoms with van der Waals surface area (Å²) in [6, 6.07) is 0. The Kier molecular flexibility index (Phi) is 5.89. The molecule has 4 nitrogen and oxygen atoms in total. The van der Waals surface area contributed by atoms with Gasteiger partial charge >= 0.3 is 0 Å². The van der Waals surface area contributed by atoms with Crippen LogP contribution in [0.1, 0.15) is 26.7 Å². The van der Waals surface area contributed by atoms with Gasteiger partial charge in [-0.3, -0.25) is 0 Å². The van der Waals surface area contributed by atoms with Crippen molar-refractivity contribution in [3.05, 3.63) is 0 Å². The molecule has 17 heavy (non-hydrogen) atoms. The van der Waals surface area contributed by atoms with E-state index >= 15 is 0 Å². The van der Waals surface area contributed by atoms with E-state index in [-0.39, 0.29) is 11.0 Å². The maximum absolute atomic E-state index is 11.7. The molecule has 0 bridgehead atoms. The molecule has 0 aromatic rings. The third-order valence-electron chi connectivity index (χ3n) is 3.44. The maximum Gasteiger partial charge on any atom is 0.153 e. The molecular weight excluding hydrogens is 236 g/mol. The molecule has 1 rings (SSSR count). The van der Waals surface area contributed by atoms with Crippen LogP contribution in [0, 0.1) is 5.92 Å². The summed E-state index contributed by atoms with van der Waals surface area (Å²) in [6.45, 7) is 7.35. The van der Waals surface area contributed by atoms with Gasteiger partial charge in [-0.05, 0) is 52.7 Å². The number of hydrogen-bond acceptors (Lipinski definition) is 4. The fourth-order valence-electron chi connectivity index (χ4n) is 2.13. The molecule has 1 fully saturated rings. The molecule has 5 heteroatoms. The minimum Gasteiger partial charge on any atom is -0.316 e. The fourth-order valence-corrected chi connectivity index (χ4v) is 3.17. The highest BCUT2D eigenvalue weighted by Gasteiger charge is 2.19. The zero-order valence-electron chi connectivity index (χ0n) is 11.3. The predicted molar refractivity (Wildman–Crippen MR) is 72.0 cm³/mol. The van der Waals surface area contributed by atoms with Gasteiger partial charge in [-0.25, -0.2) is 8.42 Å². The van der Waals surface area contributed by atoms with Gasteiger partial charge in [-0.1, -0.05) is 0 Å². The van der Waals surface area contributed by atoms with Gasteiger partial charge in [0.2, 0.25) is 0 Å². The molecular formula is C12H26N2O2S. The van der Waals surface area contributed by atoms with Gasteiger partial charge in [0.15, 0.2) is 9.84 Å². The van der Waals surface area contributed by atoms with Crippen molar-refractivity contribution in [3.63, 3.8) is 0 Å². The lowest BCUT2D eigenvalue weighted by atomic mass is 9.99. The molecule has 1 unspecified atom stereocenters. The summed E-state index contributed by atoms with van der Waals surface area (Å²) in [4.78, 5) is 2.15. The lowest BCUT2D eigenvalue weighted by Gasteiger charge is -2.27. The molecule has 0 aliphatic carbocycles. The molecule has 0 spiro atoms. The van der Waals surface area contributed by atoms with E-state index in [1.54, 1.807) is 13.8 Å². The summed E-state index contributed by atoms with van der Waals surface area (Å²) in [5, 5.41) is 3.13. The Morgan fingerprint density at radius 1 is 1.41 bits per heavy atom. The van der Waals surface area contributed by atoms with E-state index in [2.05, 4.69) is 10.2 Å². The van der Waals surface area contributed by atoms with E-state index < -0.39 is 9.84 Å². The smallest absolute Gasteiger partial charge is 0.153 e. The van der Waals surface area contributed by atoms with Gasteiger partial charge < -0.3 is 10.2 Å². The summed E-state index contributed by atoms with van der Waals surface area (Å²) in [7, 11) is -0.873. The standard InChI is InChI=1S/C12H26N2O2S/c1-11(2)17(15,16)8-7-14(3)10-12-5-4-6-13-9-12/h11-13H,4-10H2,1-3H3. The minimum atomic E-state index is -2.89. The van der Waals surface area contributed by atoms with Gasteiger partial charge in [-0.15, -0.1) is 0 Å². The lowest BCUT2D eigenvalue weighted by Crippen LogP contribution is -2.38. The number of sulfone groups is 1. The van der Waals surface area contributed by atoms with Crippen LogP contribution in [-0.4, -0.2) is 57.5 Å². The topological polar surface area (TPSA) is 49.4 Å². The fraction of sp³-hybridized carbons (Fsp3) is 1.00. The normalized spacial score (nSPS) is 22.3. The summed E-state index contributed by atoms with van der Waals surface area (Å²) < 4.78 is 23.4. The van der Waals surface area contributed by atoms with Crippen LogP contribution in [0.25, 0.3) is 0 Å². The Bertz CT molecular complexity index is 308. The SMILES string of the molecule is CC(C)S(=O)(=O)CCN(C)CC1CCCNC1. The highest BCUT2D eigenvalue weighted by atomic mass is 32.2. The summed E-state index contributed by atoms with van der Waals surface area (Å²) in [5.41, 5.74) is 0. The van der Waals surface area contributed by atoms with Crippen molar-refractivity contribution in [2.75, 3.05) is 39.0 Å². The number of nitrogens with one attached hydrogen (secondary N) is 1. The highest BCUT2D eigenvalue weighted by Crippen LogP contribution is 2.11. The third-order valence-corrected chi connectivity index (χ3v) is 5.63. The molecule has 0 radical (unpaired) electrons. The van der Waals surface area contributed by atoms with E-state index in [4.69, 9.17) is 0 Å². The van der Waals surface area contributed by atoms with Crippen molar-refractivity contribution in [1.82, 2.24) is 10.2 Å². The van der Waals surface area contributed by atoms with Crippen LogP contribution in [-0.2, 0) is 9.84 Å². The van der Waals surface area contributed by atoms with Crippen LogP contribution in [0.2, 0.25) is 0 Å². The van der Waals surface area contributed by atoms with Crippen LogP contribution in [0.5, 0.6) is 0 Å². The van der Waals surface area contributed by atoms with Gasteiger partial charge in [-0.2, -0.15) is 0 Å². The summed E-state index contributed by atoms with van der Waals surface area (Å²) >= 11 is 0. The number of piperidine rings is 1. The molecule has 1 atom stereocenters. The van der Waals surface area contributed by atoms with E-state index in [1.807, 2.05) is 7.05 Å². The van der Waals surface area contributed by atoms with Crippen LogP contribution in [0.4, 0.5) is 0 Å². The van der Waals surface area contributed by atoms with Crippen LogP contribution in [0.3, 0.4) is 0 Å². The van der Waals surface area contributed by atoms with Crippen molar-refractivity contribution in [3.8, 4) is 0 Å². The zero-order chi connectivity index (χ0) is 12.9. The molecule has 0 saturated carbocycles. The van der Waals surface area contributed by atoms with E-state index in [0.29, 0.717) is 12.5 Å². The second kappa shape index (κ2) is 6.71. The molecule has 1 N–H and O–H groups in total. The molecule has 0 aromatic carbocycles. The van der Waals surface area contributed by atoms with Gasteiger partial charge in [0.05, 0.1) is 11.0 Å². The van der Waals surface area contributed by atoms with Crippen molar-refractivity contribution in [2.45, 2.75) is 31.9 Å². The van der Waals surface area contributed by atoms with E-state index in [0.717, 1.165) is 19.6 Å². The number of rotatable bonds is 6. The third kappa shape index (κ3) is 5.36. The first-order chi connectivity index (χ1) is 7.92. The van der Waals surface area contributed by atoms with Crippen LogP contribution < -0.4 is 5.32 Å². The largest absolute Gasteiger partial charge is 0.316 e. The van der Waals surface area contributed by atoms with Crippen LogP contribution in [0.15, 0.2) is 0 Å². The zero-order valence-corrected chi connectivity index (χ0v) is 12.1. The first-order valence-corrected chi connectivity index (χ1v) is 8.24. The van der Waals surface area contributed by atoms with Gasteiger partial charge in [0, 0.05) is 13.1 Å². The predicted octanol–water partition coefficient (Wildman–Crippen LogP) is 0.741. The van der Waals surface area contributed by atoms with E-state index in [9.17, 15) is 8.42 Å². The molecule has 102 valence electrons. The highest BCUT2D eigenvalue weighted by molar-refractivity contribution is 7.92. The van der Waals surface area contributed by atoms with Crippen molar-refractivity contribution < 1.29 is 8.42 Å². The van der Waals surface area contributed by atoms with Gasteiger partial charge in [0.1, 0.15) is 0 Å². The summed E-state index contributed by atoms with van der Waals surface area (Å²) in [5.74, 6) is 0.955. The number of nitrogens with zero attached hydrogens (tertiary/aromatic N) is 1. The van der Waals surface area contributed by atoms with E-state index in [1.165, 1.54) is 12.8 Å². The second-order valence-corrected chi connectivity index (χ2v) is 8.07. The van der Waals surface area contributed by atoms with Gasteiger partial charge in [0.25, 0.3) is 0 Å². The Labute approximate surface area is 106 Å². The average Bonchev–Trinajstić information content (AvgIpc) is 2.28. The molecule has 0 aromatic heterocycles. The first kappa shape index (κ1) is 14.9. The average molecular weight is 262 g/mol. The molecule has 0 amide bonds. The molecule has 1 saturated heterocycles. The first-order valence-electron chi connectivity index (χ1n) is 6.52. The van der Waals surface area contributed by atoms with Crippen molar-refractivity contribution in [2.24, 2.45) is 5.92 Å².